The molecule has 36 heavy (non-hydrogen) atoms. The minimum atomic E-state index is -4.93. The van der Waals surface area contributed by atoms with Crippen molar-refractivity contribution in [1.29, 1.82) is 5.26 Å². The van der Waals surface area contributed by atoms with Crippen LogP contribution < -0.4 is 4.31 Å². The number of piperidine rings is 1. The number of carbonyl (C=O) groups excluding carboxylic acids is 2. The summed E-state index contributed by atoms with van der Waals surface area (Å²) in [4.78, 5) is 27.4. The topological polar surface area (TPSA) is 108 Å². The highest BCUT2D eigenvalue weighted by molar-refractivity contribution is 7.98. The first-order valence-electron chi connectivity index (χ1n) is 10.9. The third kappa shape index (κ3) is 3.71. The van der Waals surface area contributed by atoms with E-state index in [0.29, 0.717) is 28.8 Å². The maximum absolute atomic E-state index is 13.5. The van der Waals surface area contributed by atoms with Gasteiger partial charge in [0.05, 0.1) is 39.7 Å². The first-order valence-corrected chi connectivity index (χ1v) is 12.4. The van der Waals surface area contributed by atoms with Crippen LogP contribution in [0.2, 0.25) is 0 Å². The van der Waals surface area contributed by atoms with Gasteiger partial charge in [0.1, 0.15) is 6.61 Å². The van der Waals surface area contributed by atoms with E-state index in [1.165, 1.54) is 11.0 Å². The van der Waals surface area contributed by atoms with E-state index in [2.05, 4.69) is 0 Å². The summed E-state index contributed by atoms with van der Waals surface area (Å²) in [6, 6.07) is 11.9. The number of amides is 2. The second kappa shape index (κ2) is 8.37. The number of ether oxygens (including phenoxy) is 1. The molecule has 0 radical (unpaired) electrons. The third-order valence-corrected chi connectivity index (χ3v) is 8.58. The molecular weight excluding hydrogens is 499 g/mol. The van der Waals surface area contributed by atoms with Crippen molar-refractivity contribution in [3.05, 3.63) is 75.7 Å². The first kappa shape index (κ1) is 23.9. The third-order valence-electron chi connectivity index (χ3n) is 6.61. The molecule has 3 heterocycles. The van der Waals surface area contributed by atoms with E-state index in [1.807, 2.05) is 6.07 Å². The molecule has 2 aromatic carbocycles. The van der Waals surface area contributed by atoms with Crippen molar-refractivity contribution >= 4 is 27.7 Å². The molecule has 4 aliphatic rings. The lowest BCUT2D eigenvalue weighted by molar-refractivity contribution is -0.137. The van der Waals surface area contributed by atoms with Crippen molar-refractivity contribution < 1.29 is 35.9 Å². The van der Waals surface area contributed by atoms with Crippen LogP contribution in [-0.2, 0) is 32.3 Å². The largest absolute Gasteiger partial charge is 0.445 e. The molecule has 1 aliphatic carbocycles. The van der Waals surface area contributed by atoms with Gasteiger partial charge in [0.2, 0.25) is 0 Å². The van der Waals surface area contributed by atoms with Crippen molar-refractivity contribution in [3.63, 3.8) is 0 Å². The lowest BCUT2D eigenvalue weighted by atomic mass is 9.79. The molecule has 6 rings (SSSR count). The molecular formula is C24H18F3N3O5S. The van der Waals surface area contributed by atoms with Gasteiger partial charge in [-0.3, -0.25) is 4.79 Å². The molecule has 0 N–H and O–H groups in total. The van der Waals surface area contributed by atoms with Crippen LogP contribution in [0, 0.1) is 17.2 Å². The minimum absolute atomic E-state index is 0.0106. The first-order chi connectivity index (χ1) is 17.0. The van der Waals surface area contributed by atoms with Crippen LogP contribution in [0.4, 0.5) is 23.7 Å². The smallest absolute Gasteiger partial charge is 0.417 e. The summed E-state index contributed by atoms with van der Waals surface area (Å²) in [6.07, 6.45) is -4.98. The van der Waals surface area contributed by atoms with E-state index in [4.69, 9.17) is 10.00 Å². The number of sulfonamides is 1. The van der Waals surface area contributed by atoms with Gasteiger partial charge in [-0.1, -0.05) is 30.3 Å². The maximum atomic E-state index is 13.5. The standard InChI is InChI=1S/C24H18F3N3O5S/c25-24(26,27)18-10-17(8-6-15(18)11-28)30-22(31)20-19-9-7-16(21(20)36(30,33)34)12-29(19)23(32)35-13-14-4-2-1-3-5-14/h1-6,8,10,19-20H,7,9,12-13H2/t19-,20+/m0/s1. The monoisotopic (exact) mass is 517 g/mol. The van der Waals surface area contributed by atoms with E-state index in [1.54, 1.807) is 24.3 Å². The molecule has 2 bridgehead atoms. The van der Waals surface area contributed by atoms with Crippen molar-refractivity contribution in [3.8, 4) is 6.07 Å². The van der Waals surface area contributed by atoms with Crippen LogP contribution in [0.25, 0.3) is 0 Å². The summed E-state index contributed by atoms with van der Waals surface area (Å²) >= 11 is 0. The van der Waals surface area contributed by atoms with Crippen LogP contribution in [0.3, 0.4) is 0 Å². The van der Waals surface area contributed by atoms with Crippen LogP contribution in [0.1, 0.15) is 29.5 Å². The molecule has 2 fully saturated rings. The Morgan fingerprint density at radius 2 is 1.89 bits per heavy atom. The van der Waals surface area contributed by atoms with Crippen molar-refractivity contribution in [2.45, 2.75) is 31.7 Å². The number of fused-ring (bicyclic) bond motifs is 2. The summed E-state index contributed by atoms with van der Waals surface area (Å²) in [7, 11) is -4.47. The molecule has 2 atom stereocenters. The lowest BCUT2D eigenvalue weighted by Gasteiger charge is -2.43. The summed E-state index contributed by atoms with van der Waals surface area (Å²) < 4.78 is 73.0. The Morgan fingerprint density at radius 3 is 2.56 bits per heavy atom. The molecule has 2 saturated heterocycles. The van der Waals surface area contributed by atoms with Gasteiger partial charge in [0.25, 0.3) is 15.9 Å². The van der Waals surface area contributed by atoms with Gasteiger partial charge in [-0.05, 0) is 42.2 Å². The molecule has 2 aromatic rings. The molecule has 186 valence electrons. The Labute approximate surface area is 204 Å². The molecule has 3 aliphatic heterocycles. The highest BCUT2D eigenvalue weighted by Gasteiger charge is 2.59. The fraction of sp³-hybridized carbons (Fsp3) is 0.292. The molecule has 0 unspecified atom stereocenters. The van der Waals surface area contributed by atoms with Gasteiger partial charge >= 0.3 is 12.3 Å². The minimum Gasteiger partial charge on any atom is -0.445 e. The zero-order chi connectivity index (χ0) is 25.8. The molecule has 0 saturated carbocycles. The lowest BCUT2D eigenvalue weighted by Crippen LogP contribution is -2.54. The molecule has 12 heteroatoms. The number of nitrogens with zero attached hydrogens (tertiary/aromatic N) is 3. The number of carbonyl (C=O) groups is 2. The zero-order valence-corrected chi connectivity index (χ0v) is 19.3. The molecule has 2 amide bonds. The number of rotatable bonds is 3. The fourth-order valence-electron chi connectivity index (χ4n) is 5.04. The Hall–Kier alpha value is -3.85. The Morgan fingerprint density at radius 1 is 1.17 bits per heavy atom. The average Bonchev–Trinajstić information content (AvgIpc) is 3.09. The van der Waals surface area contributed by atoms with E-state index in [0.717, 1.165) is 17.7 Å². The SMILES string of the molecule is N#Cc1ccc(N2C(=O)[C@H]3C(=C4CC[C@@H]3N(C(=O)OCc3ccccc3)C4)S2(=O)=O)cc1C(F)(F)F. The summed E-state index contributed by atoms with van der Waals surface area (Å²) in [6.45, 7) is -0.0606. The number of benzene rings is 2. The summed E-state index contributed by atoms with van der Waals surface area (Å²) in [5.74, 6) is -2.17. The highest BCUT2D eigenvalue weighted by Crippen LogP contribution is 2.50. The predicted molar refractivity (Wildman–Crippen MR) is 119 cm³/mol. The molecule has 0 aromatic heterocycles. The quantitative estimate of drug-likeness (QED) is 0.611. The summed E-state index contributed by atoms with van der Waals surface area (Å²) in [5.41, 5.74) is -1.43. The van der Waals surface area contributed by atoms with Crippen LogP contribution in [0.15, 0.2) is 59.0 Å². The van der Waals surface area contributed by atoms with Crippen molar-refractivity contribution in [2.75, 3.05) is 10.8 Å². The predicted octanol–water partition coefficient (Wildman–Crippen LogP) is 3.94. The average molecular weight is 517 g/mol. The number of halogens is 3. The van der Waals surface area contributed by atoms with Gasteiger partial charge in [-0.25, -0.2) is 17.5 Å². The molecule has 8 nitrogen and oxygen atoms in total. The number of alkyl halides is 3. The second-order valence-electron chi connectivity index (χ2n) is 8.67. The number of nitriles is 1. The van der Waals surface area contributed by atoms with E-state index in [-0.39, 0.29) is 18.1 Å². The highest BCUT2D eigenvalue weighted by atomic mass is 32.2. The normalized spacial score (nSPS) is 22.4. The van der Waals surface area contributed by atoms with Gasteiger partial charge in [0.15, 0.2) is 0 Å². The summed E-state index contributed by atoms with van der Waals surface area (Å²) in [5, 5.41) is 9.03. The van der Waals surface area contributed by atoms with Crippen LogP contribution >= 0.6 is 0 Å². The number of hydrogen-bond acceptors (Lipinski definition) is 6. The fourth-order valence-corrected chi connectivity index (χ4v) is 7.09. The number of anilines is 1. The Kier molecular flexibility index (Phi) is 5.55. The van der Waals surface area contributed by atoms with Crippen molar-refractivity contribution in [1.82, 2.24) is 4.90 Å². The van der Waals surface area contributed by atoms with Gasteiger partial charge < -0.3 is 9.64 Å². The Balaban J connectivity index is 1.48. The Bertz CT molecular complexity index is 1450. The van der Waals surface area contributed by atoms with Crippen LogP contribution in [-0.4, -0.2) is 37.9 Å². The van der Waals surface area contributed by atoms with E-state index < -0.39 is 57.0 Å². The van der Waals surface area contributed by atoms with Gasteiger partial charge in [-0.15, -0.1) is 0 Å². The van der Waals surface area contributed by atoms with Gasteiger partial charge in [-0.2, -0.15) is 18.4 Å². The van der Waals surface area contributed by atoms with Gasteiger partial charge in [0, 0.05) is 6.54 Å². The van der Waals surface area contributed by atoms with Crippen LogP contribution in [0.5, 0.6) is 0 Å². The maximum Gasteiger partial charge on any atom is 0.417 e. The molecule has 0 spiro atoms. The zero-order valence-electron chi connectivity index (χ0n) is 18.5. The van der Waals surface area contributed by atoms with Crippen molar-refractivity contribution in [2.24, 2.45) is 5.92 Å². The van der Waals surface area contributed by atoms with E-state index >= 15 is 0 Å². The second-order valence-corrected chi connectivity index (χ2v) is 10.4. The van der Waals surface area contributed by atoms with E-state index in [9.17, 15) is 31.2 Å². The number of hydrogen-bond donors (Lipinski definition) is 0.